The highest BCUT2D eigenvalue weighted by molar-refractivity contribution is 5.59. The monoisotopic (exact) mass is 253 g/mol. The third-order valence-corrected chi connectivity index (χ3v) is 3.39. The first-order valence-electron chi connectivity index (χ1n) is 6.16. The van der Waals surface area contributed by atoms with E-state index in [0.717, 1.165) is 29.8 Å². The minimum absolute atomic E-state index is 0.273. The van der Waals surface area contributed by atoms with Crippen molar-refractivity contribution in [3.05, 3.63) is 47.7 Å². The second-order valence-corrected chi connectivity index (χ2v) is 4.92. The van der Waals surface area contributed by atoms with Crippen molar-refractivity contribution in [2.24, 2.45) is 0 Å². The Bertz CT molecular complexity index is 667. The first-order chi connectivity index (χ1) is 9.13. The Labute approximate surface area is 110 Å². The lowest BCUT2D eigenvalue weighted by molar-refractivity contribution is 0.628. The van der Waals surface area contributed by atoms with E-state index >= 15 is 0 Å². The van der Waals surface area contributed by atoms with E-state index in [-0.39, 0.29) is 5.82 Å². The van der Waals surface area contributed by atoms with Gasteiger partial charge in [-0.15, -0.1) is 0 Å². The molecule has 0 unspecified atom stereocenters. The van der Waals surface area contributed by atoms with E-state index in [4.69, 9.17) is 0 Å². The van der Waals surface area contributed by atoms with Crippen molar-refractivity contribution >= 4 is 0 Å². The summed E-state index contributed by atoms with van der Waals surface area (Å²) in [5.74, 6) is 0.319. The van der Waals surface area contributed by atoms with Crippen LogP contribution in [0, 0.1) is 24.1 Å². The summed E-state index contributed by atoms with van der Waals surface area (Å²) in [6.45, 7) is 1.88. The zero-order chi connectivity index (χ0) is 13.5. The molecule has 0 radical (unpaired) electrons. The zero-order valence-electron chi connectivity index (χ0n) is 10.5. The molecule has 0 spiro atoms. The number of hydrogen-bond donors (Lipinski definition) is 0. The molecule has 1 heterocycles. The molecule has 94 valence electrons. The normalized spacial score (nSPS) is 15.8. The maximum absolute atomic E-state index is 12.9. The molecule has 1 aliphatic rings. The molecule has 1 aromatic carbocycles. The van der Waals surface area contributed by atoms with Gasteiger partial charge in [-0.1, -0.05) is 0 Å². The van der Waals surface area contributed by atoms with E-state index < -0.39 is 5.41 Å². The van der Waals surface area contributed by atoms with Crippen molar-refractivity contribution in [2.75, 3.05) is 0 Å². The number of aryl methyl sites for hydroxylation is 1. The van der Waals surface area contributed by atoms with Crippen LogP contribution in [-0.2, 0) is 5.41 Å². The lowest BCUT2D eigenvalue weighted by atomic mass is 10.1. The van der Waals surface area contributed by atoms with Crippen LogP contribution in [0.25, 0.3) is 11.3 Å². The van der Waals surface area contributed by atoms with E-state index in [0.29, 0.717) is 5.82 Å². The highest BCUT2D eigenvalue weighted by Gasteiger charge is 2.48. The number of nitriles is 1. The highest BCUT2D eigenvalue weighted by atomic mass is 19.1. The fourth-order valence-corrected chi connectivity index (χ4v) is 2.06. The Morgan fingerprint density at radius 2 is 1.89 bits per heavy atom. The van der Waals surface area contributed by atoms with Gasteiger partial charge in [-0.3, -0.25) is 0 Å². The van der Waals surface area contributed by atoms with Crippen molar-refractivity contribution < 1.29 is 4.39 Å². The second kappa shape index (κ2) is 4.13. The summed E-state index contributed by atoms with van der Waals surface area (Å²) in [7, 11) is 0. The van der Waals surface area contributed by atoms with Gasteiger partial charge in [0.05, 0.1) is 11.8 Å². The Morgan fingerprint density at radius 3 is 2.47 bits per heavy atom. The highest BCUT2D eigenvalue weighted by Crippen LogP contribution is 2.46. The Balaban J connectivity index is 2.08. The molecule has 1 saturated carbocycles. The maximum Gasteiger partial charge on any atom is 0.149 e. The number of hydrogen-bond acceptors (Lipinski definition) is 3. The van der Waals surface area contributed by atoms with Crippen LogP contribution in [0.3, 0.4) is 0 Å². The number of rotatable bonds is 2. The maximum atomic E-state index is 12.9. The van der Waals surface area contributed by atoms with Gasteiger partial charge in [0, 0.05) is 11.3 Å². The van der Waals surface area contributed by atoms with Gasteiger partial charge in [-0.25, -0.2) is 14.4 Å². The smallest absolute Gasteiger partial charge is 0.149 e. The first-order valence-corrected chi connectivity index (χ1v) is 6.16. The Kier molecular flexibility index (Phi) is 2.56. The van der Waals surface area contributed by atoms with Crippen molar-refractivity contribution in [3.63, 3.8) is 0 Å². The summed E-state index contributed by atoms with van der Waals surface area (Å²) in [5.41, 5.74) is 1.90. The molecule has 3 nitrogen and oxygen atoms in total. The third kappa shape index (κ3) is 2.08. The number of halogens is 1. The Hall–Kier alpha value is -2.28. The largest absolute Gasteiger partial charge is 0.236 e. The summed E-state index contributed by atoms with van der Waals surface area (Å²) in [6.07, 6.45) is 1.63. The molecular weight excluding hydrogens is 241 g/mol. The first kappa shape index (κ1) is 11.8. The van der Waals surface area contributed by atoms with Crippen LogP contribution in [0.4, 0.5) is 4.39 Å². The second-order valence-electron chi connectivity index (χ2n) is 4.92. The Morgan fingerprint density at radius 1 is 1.21 bits per heavy atom. The molecule has 1 fully saturated rings. The average Bonchev–Trinajstić information content (AvgIpc) is 3.20. The molecule has 0 aliphatic heterocycles. The van der Waals surface area contributed by atoms with Crippen LogP contribution in [0.2, 0.25) is 0 Å². The lowest BCUT2D eigenvalue weighted by Gasteiger charge is -2.09. The molecule has 0 bridgehead atoms. The van der Waals surface area contributed by atoms with Gasteiger partial charge in [-0.2, -0.15) is 5.26 Å². The molecule has 0 atom stereocenters. The molecule has 4 heteroatoms. The van der Waals surface area contributed by atoms with Crippen LogP contribution in [0.5, 0.6) is 0 Å². The third-order valence-electron chi connectivity index (χ3n) is 3.39. The number of benzene rings is 1. The average molecular weight is 253 g/mol. The number of nitrogens with zero attached hydrogens (tertiary/aromatic N) is 3. The summed E-state index contributed by atoms with van der Waals surface area (Å²) in [5, 5.41) is 9.22. The van der Waals surface area contributed by atoms with E-state index in [1.54, 1.807) is 12.1 Å². The van der Waals surface area contributed by atoms with E-state index in [9.17, 15) is 9.65 Å². The van der Waals surface area contributed by atoms with Crippen LogP contribution in [0.1, 0.15) is 24.4 Å². The molecule has 2 aromatic rings. The van der Waals surface area contributed by atoms with Gasteiger partial charge in [0.25, 0.3) is 0 Å². The van der Waals surface area contributed by atoms with Crippen LogP contribution < -0.4 is 0 Å². The molecule has 1 aliphatic carbocycles. The van der Waals surface area contributed by atoms with Gasteiger partial charge < -0.3 is 0 Å². The van der Waals surface area contributed by atoms with E-state index in [2.05, 4.69) is 16.0 Å². The predicted octanol–water partition coefficient (Wildman–Crippen LogP) is 3.15. The molecule has 3 rings (SSSR count). The van der Waals surface area contributed by atoms with Gasteiger partial charge in [0.2, 0.25) is 0 Å². The molecule has 0 amide bonds. The van der Waals surface area contributed by atoms with Crippen molar-refractivity contribution in [1.82, 2.24) is 9.97 Å². The molecule has 19 heavy (non-hydrogen) atoms. The predicted molar refractivity (Wildman–Crippen MR) is 68.7 cm³/mol. The topological polar surface area (TPSA) is 49.6 Å². The van der Waals surface area contributed by atoms with E-state index in [1.807, 2.05) is 13.0 Å². The SMILES string of the molecule is Cc1cc(-c2ccc(F)cc2)nc(C2(C#N)CC2)n1. The van der Waals surface area contributed by atoms with Crippen LogP contribution >= 0.6 is 0 Å². The fourth-order valence-electron chi connectivity index (χ4n) is 2.06. The van der Waals surface area contributed by atoms with Crippen molar-refractivity contribution in [3.8, 4) is 17.3 Å². The van der Waals surface area contributed by atoms with E-state index in [1.165, 1.54) is 12.1 Å². The molecule has 0 N–H and O–H groups in total. The van der Waals surface area contributed by atoms with Gasteiger partial charge in [-0.05, 0) is 50.1 Å². The quantitative estimate of drug-likeness (QED) is 0.826. The summed E-state index contributed by atoms with van der Waals surface area (Å²) in [6, 6.07) is 10.3. The minimum Gasteiger partial charge on any atom is -0.236 e. The standard InChI is InChI=1S/C15H12FN3/c1-10-8-13(11-2-4-12(16)5-3-11)19-14(18-10)15(9-17)6-7-15/h2-5,8H,6-7H2,1H3. The fraction of sp³-hybridized carbons (Fsp3) is 0.267. The van der Waals surface area contributed by atoms with Gasteiger partial charge in [0.1, 0.15) is 17.1 Å². The number of aromatic nitrogens is 2. The van der Waals surface area contributed by atoms with Crippen molar-refractivity contribution in [1.29, 1.82) is 5.26 Å². The van der Waals surface area contributed by atoms with Gasteiger partial charge >= 0.3 is 0 Å². The molecular formula is C15H12FN3. The lowest BCUT2D eigenvalue weighted by Crippen LogP contribution is -2.10. The molecule has 1 aromatic heterocycles. The summed E-state index contributed by atoms with van der Waals surface area (Å²) >= 11 is 0. The van der Waals surface area contributed by atoms with Crippen molar-refractivity contribution in [2.45, 2.75) is 25.2 Å². The van der Waals surface area contributed by atoms with Crippen LogP contribution in [-0.4, -0.2) is 9.97 Å². The van der Waals surface area contributed by atoms with Gasteiger partial charge in [0.15, 0.2) is 0 Å². The molecule has 0 saturated heterocycles. The zero-order valence-corrected chi connectivity index (χ0v) is 10.5. The minimum atomic E-state index is -0.499. The summed E-state index contributed by atoms with van der Waals surface area (Å²) in [4.78, 5) is 8.86. The summed E-state index contributed by atoms with van der Waals surface area (Å²) < 4.78 is 12.9. The van der Waals surface area contributed by atoms with Crippen LogP contribution in [0.15, 0.2) is 30.3 Å².